The van der Waals surface area contributed by atoms with Gasteiger partial charge in [-0.25, -0.2) is 4.98 Å². The molecule has 0 radical (unpaired) electrons. The number of nitrogens with zero attached hydrogens (tertiary/aromatic N) is 1. The average Bonchev–Trinajstić information content (AvgIpc) is 2.03. The van der Waals surface area contributed by atoms with Crippen molar-refractivity contribution in [2.45, 2.75) is 19.3 Å². The van der Waals surface area contributed by atoms with E-state index in [-0.39, 0.29) is 12.0 Å². The predicted octanol–water partition coefficient (Wildman–Crippen LogP) is 2.66. The molecule has 0 amide bonds. The second kappa shape index (κ2) is 3.82. The molecule has 4 heteroatoms. The lowest BCUT2D eigenvalue weighted by Crippen LogP contribution is -2.22. The zero-order valence-corrected chi connectivity index (χ0v) is 9.02. The van der Waals surface area contributed by atoms with Crippen molar-refractivity contribution in [3.8, 4) is 0 Å². The van der Waals surface area contributed by atoms with Crippen LogP contribution in [0.1, 0.15) is 19.4 Å². The van der Waals surface area contributed by atoms with Gasteiger partial charge in [-0.3, -0.25) is 0 Å². The van der Waals surface area contributed by atoms with Gasteiger partial charge in [0.15, 0.2) is 0 Å². The van der Waals surface area contributed by atoms with Crippen LogP contribution in [0.4, 0.5) is 0 Å². The maximum absolute atomic E-state index is 9.12. The normalized spacial score (nSPS) is 11.8. The molecule has 0 saturated heterocycles. The molecule has 0 aliphatic rings. The van der Waals surface area contributed by atoms with Crippen molar-refractivity contribution < 1.29 is 5.11 Å². The maximum atomic E-state index is 9.12. The minimum Gasteiger partial charge on any atom is -0.395 e. The van der Waals surface area contributed by atoms with Gasteiger partial charge in [0.2, 0.25) is 0 Å². The predicted molar refractivity (Wildman–Crippen MR) is 54.4 cm³/mol. The number of rotatable bonds is 2. The first-order chi connectivity index (χ1) is 5.97. The van der Waals surface area contributed by atoms with Gasteiger partial charge < -0.3 is 5.11 Å². The topological polar surface area (TPSA) is 33.1 Å². The fraction of sp³-hybridized carbons (Fsp3) is 0.444. The Morgan fingerprint density at radius 2 is 2.08 bits per heavy atom. The Morgan fingerprint density at radius 1 is 1.46 bits per heavy atom. The monoisotopic (exact) mass is 219 g/mol. The lowest BCUT2D eigenvalue weighted by atomic mass is 9.87. The van der Waals surface area contributed by atoms with Crippen molar-refractivity contribution in [1.29, 1.82) is 0 Å². The number of halogens is 2. The van der Waals surface area contributed by atoms with Crippen LogP contribution in [0.15, 0.2) is 12.3 Å². The van der Waals surface area contributed by atoms with Crippen LogP contribution in [0.3, 0.4) is 0 Å². The van der Waals surface area contributed by atoms with Gasteiger partial charge in [0, 0.05) is 16.6 Å². The van der Waals surface area contributed by atoms with Crippen molar-refractivity contribution in [2.75, 3.05) is 6.61 Å². The molecule has 0 atom stereocenters. The largest absolute Gasteiger partial charge is 0.395 e. The van der Waals surface area contributed by atoms with Crippen LogP contribution in [-0.2, 0) is 5.41 Å². The molecule has 0 fully saturated rings. The van der Waals surface area contributed by atoms with Crippen molar-refractivity contribution in [1.82, 2.24) is 4.98 Å². The zero-order valence-electron chi connectivity index (χ0n) is 7.51. The highest BCUT2D eigenvalue weighted by Gasteiger charge is 2.22. The Labute approximate surface area is 87.5 Å². The number of aliphatic hydroxyl groups is 1. The molecule has 1 N–H and O–H groups in total. The van der Waals surface area contributed by atoms with Crippen molar-refractivity contribution in [2.24, 2.45) is 0 Å². The van der Waals surface area contributed by atoms with E-state index in [4.69, 9.17) is 28.3 Å². The first kappa shape index (κ1) is 10.8. The minimum atomic E-state index is -0.380. The van der Waals surface area contributed by atoms with E-state index in [2.05, 4.69) is 4.98 Å². The molecule has 0 aromatic carbocycles. The Kier molecular flexibility index (Phi) is 3.17. The molecule has 0 aliphatic carbocycles. The molecule has 1 heterocycles. The van der Waals surface area contributed by atoms with E-state index in [1.165, 1.54) is 0 Å². The van der Waals surface area contributed by atoms with E-state index in [1.54, 1.807) is 12.3 Å². The van der Waals surface area contributed by atoms with Gasteiger partial charge in [-0.05, 0) is 11.6 Å². The van der Waals surface area contributed by atoms with E-state index in [1.807, 2.05) is 13.8 Å². The maximum Gasteiger partial charge on any atom is 0.130 e. The lowest BCUT2D eigenvalue weighted by Gasteiger charge is -2.22. The van der Waals surface area contributed by atoms with Gasteiger partial charge in [-0.2, -0.15) is 0 Å². The van der Waals surface area contributed by atoms with E-state index < -0.39 is 0 Å². The molecule has 2 nitrogen and oxygen atoms in total. The molecule has 1 rings (SSSR count). The molecule has 0 saturated carbocycles. The fourth-order valence-electron chi connectivity index (χ4n) is 0.991. The van der Waals surface area contributed by atoms with Crippen molar-refractivity contribution in [3.05, 3.63) is 28.0 Å². The number of aromatic nitrogens is 1. The Hall–Kier alpha value is -0.310. The summed E-state index contributed by atoms with van der Waals surface area (Å²) in [5, 5.41) is 10.0. The van der Waals surface area contributed by atoms with Gasteiger partial charge in [0.1, 0.15) is 5.15 Å². The second-order valence-corrected chi connectivity index (χ2v) is 4.32. The summed E-state index contributed by atoms with van der Waals surface area (Å²) in [5.74, 6) is 0. The van der Waals surface area contributed by atoms with Crippen LogP contribution in [0.2, 0.25) is 10.2 Å². The van der Waals surface area contributed by atoms with Crippen LogP contribution >= 0.6 is 23.2 Å². The first-order valence-corrected chi connectivity index (χ1v) is 4.65. The van der Waals surface area contributed by atoms with Gasteiger partial charge >= 0.3 is 0 Å². The summed E-state index contributed by atoms with van der Waals surface area (Å²) >= 11 is 11.6. The quantitative estimate of drug-likeness (QED) is 0.777. The molecular formula is C9H11Cl2NO. The smallest absolute Gasteiger partial charge is 0.130 e. The zero-order chi connectivity index (χ0) is 10.1. The summed E-state index contributed by atoms with van der Waals surface area (Å²) in [6.45, 7) is 3.81. The summed E-state index contributed by atoms with van der Waals surface area (Å²) in [6.07, 6.45) is 1.60. The summed E-state index contributed by atoms with van der Waals surface area (Å²) in [7, 11) is 0. The van der Waals surface area contributed by atoms with E-state index >= 15 is 0 Å². The minimum absolute atomic E-state index is 0.0238. The van der Waals surface area contributed by atoms with Crippen LogP contribution < -0.4 is 0 Å². The standard InChI is InChI=1S/C9H11Cl2NO/c1-9(2,5-13)6-4-12-8(11)3-7(6)10/h3-4,13H,5H2,1-2H3. The molecule has 0 unspecified atom stereocenters. The molecule has 0 bridgehead atoms. The van der Waals surface area contributed by atoms with Crippen molar-refractivity contribution in [3.63, 3.8) is 0 Å². The van der Waals surface area contributed by atoms with Gasteiger partial charge in [-0.15, -0.1) is 0 Å². The number of hydrogen-bond acceptors (Lipinski definition) is 2. The lowest BCUT2D eigenvalue weighted by molar-refractivity contribution is 0.218. The van der Waals surface area contributed by atoms with Gasteiger partial charge in [0.05, 0.1) is 6.61 Å². The summed E-state index contributed by atoms with van der Waals surface area (Å²) in [5.41, 5.74) is 0.426. The van der Waals surface area contributed by atoms with Gasteiger partial charge in [0.25, 0.3) is 0 Å². The third kappa shape index (κ3) is 2.33. The molecule has 13 heavy (non-hydrogen) atoms. The van der Waals surface area contributed by atoms with E-state index in [9.17, 15) is 0 Å². The summed E-state index contributed by atoms with van der Waals surface area (Å²) in [6, 6.07) is 1.58. The molecular weight excluding hydrogens is 209 g/mol. The van der Waals surface area contributed by atoms with E-state index in [0.29, 0.717) is 10.2 Å². The average molecular weight is 220 g/mol. The molecule has 1 aromatic heterocycles. The molecule has 0 aliphatic heterocycles. The highest BCUT2D eigenvalue weighted by Crippen LogP contribution is 2.29. The second-order valence-electron chi connectivity index (χ2n) is 3.53. The van der Waals surface area contributed by atoms with Crippen LogP contribution in [-0.4, -0.2) is 16.7 Å². The highest BCUT2D eigenvalue weighted by molar-refractivity contribution is 6.34. The molecule has 1 aromatic rings. The third-order valence-electron chi connectivity index (χ3n) is 1.94. The van der Waals surface area contributed by atoms with Crippen LogP contribution in [0, 0.1) is 0 Å². The Morgan fingerprint density at radius 3 is 2.54 bits per heavy atom. The first-order valence-electron chi connectivity index (χ1n) is 3.90. The van der Waals surface area contributed by atoms with Crippen LogP contribution in [0.5, 0.6) is 0 Å². The highest BCUT2D eigenvalue weighted by atomic mass is 35.5. The van der Waals surface area contributed by atoms with E-state index in [0.717, 1.165) is 5.56 Å². The number of aliphatic hydroxyl groups excluding tert-OH is 1. The SMILES string of the molecule is CC(C)(CO)c1cnc(Cl)cc1Cl. The molecule has 0 spiro atoms. The van der Waals surface area contributed by atoms with Crippen molar-refractivity contribution >= 4 is 23.2 Å². The Balaban J connectivity index is 3.16. The third-order valence-corrected chi connectivity index (χ3v) is 2.46. The summed E-state index contributed by atoms with van der Waals surface area (Å²) < 4.78 is 0. The van der Waals surface area contributed by atoms with Gasteiger partial charge in [-0.1, -0.05) is 37.0 Å². The Bertz CT molecular complexity index is 312. The molecule has 72 valence electrons. The van der Waals surface area contributed by atoms with Crippen LogP contribution in [0.25, 0.3) is 0 Å². The number of hydrogen-bond donors (Lipinski definition) is 1. The number of pyridine rings is 1. The summed E-state index contributed by atoms with van der Waals surface area (Å²) in [4.78, 5) is 3.92. The fourth-order valence-corrected chi connectivity index (χ4v) is 1.61.